The Balaban J connectivity index is 1.38. The van der Waals surface area contributed by atoms with E-state index >= 15 is 0 Å². The lowest BCUT2D eigenvalue weighted by Gasteiger charge is -2.53. The second-order valence-electron chi connectivity index (χ2n) is 16.3. The molecule has 3 nitrogen and oxygen atoms in total. The Morgan fingerprint density at radius 2 is 1.17 bits per heavy atom. The summed E-state index contributed by atoms with van der Waals surface area (Å²) in [6.07, 6.45) is 10.3. The van der Waals surface area contributed by atoms with Crippen molar-refractivity contribution in [2.24, 2.45) is 0 Å². The van der Waals surface area contributed by atoms with Crippen LogP contribution in [0.1, 0.15) is 90.2 Å². The van der Waals surface area contributed by atoms with E-state index in [0.29, 0.717) is 0 Å². The van der Waals surface area contributed by atoms with E-state index in [1.54, 1.807) is 28.0 Å². The standard InChI is InChI=1S/C42H42BN3/c1-39-22-12-14-24-41(39,3)45-33-21-11-9-19-31(33)43-34-36(45)29(39)26-30-37(34)46(42(4)25-15-13-23-40(30,42)2)35-28-18-8-10-20-32(28)44(38(35)43)27-16-6-5-7-17-27/h5-11,16-21,26H,12-15,22-25H2,1-4H3. The Morgan fingerprint density at radius 1 is 0.587 bits per heavy atom. The van der Waals surface area contributed by atoms with Gasteiger partial charge in [-0.25, -0.2) is 0 Å². The molecule has 0 bridgehead atoms. The predicted octanol–water partition coefficient (Wildman–Crippen LogP) is 8.26. The van der Waals surface area contributed by atoms with Crippen molar-refractivity contribution in [1.29, 1.82) is 0 Å². The first-order valence-corrected chi connectivity index (χ1v) is 17.9. The molecule has 4 aliphatic heterocycles. The van der Waals surface area contributed by atoms with Gasteiger partial charge in [0.1, 0.15) is 0 Å². The number of aromatic nitrogens is 1. The number of benzene rings is 4. The van der Waals surface area contributed by atoms with Gasteiger partial charge in [0.05, 0.1) is 22.3 Å². The predicted molar refractivity (Wildman–Crippen MR) is 194 cm³/mol. The zero-order chi connectivity index (χ0) is 30.8. The van der Waals surface area contributed by atoms with Crippen molar-refractivity contribution in [3.63, 3.8) is 0 Å². The van der Waals surface area contributed by atoms with Crippen molar-refractivity contribution in [3.8, 4) is 5.69 Å². The molecule has 0 saturated heterocycles. The van der Waals surface area contributed by atoms with Crippen LogP contribution in [-0.4, -0.2) is 22.4 Å². The normalized spacial score (nSPS) is 31.0. The van der Waals surface area contributed by atoms with E-state index in [4.69, 9.17) is 0 Å². The van der Waals surface area contributed by atoms with Crippen molar-refractivity contribution in [1.82, 2.24) is 4.57 Å². The summed E-state index contributed by atoms with van der Waals surface area (Å²) in [5, 5.41) is 1.39. The lowest BCUT2D eigenvalue weighted by molar-refractivity contribution is 0.190. The van der Waals surface area contributed by atoms with Crippen LogP contribution in [0.15, 0.2) is 84.9 Å². The minimum absolute atomic E-state index is 0.0170. The number of para-hydroxylation sites is 3. The van der Waals surface area contributed by atoms with Crippen LogP contribution >= 0.6 is 0 Å². The molecule has 0 spiro atoms. The van der Waals surface area contributed by atoms with Gasteiger partial charge in [-0.2, -0.15) is 0 Å². The van der Waals surface area contributed by atoms with Gasteiger partial charge in [-0.15, -0.1) is 0 Å². The average Bonchev–Trinajstić information content (AvgIpc) is 3.60. The zero-order valence-corrected chi connectivity index (χ0v) is 27.7. The van der Waals surface area contributed by atoms with Gasteiger partial charge in [0.15, 0.2) is 0 Å². The molecular formula is C42H42BN3. The number of anilines is 4. The second-order valence-corrected chi connectivity index (χ2v) is 16.3. The van der Waals surface area contributed by atoms with Crippen LogP contribution in [0, 0.1) is 0 Å². The van der Waals surface area contributed by atoms with E-state index < -0.39 is 0 Å². The Labute approximate surface area is 273 Å². The SMILES string of the molecule is CC12CCCCC1(C)N1c3ccccc3B3c4c1c2cc1c4N(c2c3n(-c3ccccc3)c3ccccc23)C2(C)CCCCC12C. The molecule has 4 atom stereocenters. The maximum atomic E-state index is 2.93. The third-order valence-corrected chi connectivity index (χ3v) is 14.7. The number of hydrogen-bond donors (Lipinski definition) is 0. The fraction of sp³-hybridized carbons (Fsp3) is 0.381. The van der Waals surface area contributed by atoms with E-state index in [2.05, 4.69) is 127 Å². The highest BCUT2D eigenvalue weighted by Crippen LogP contribution is 2.68. The van der Waals surface area contributed by atoms with E-state index in [0.717, 1.165) is 0 Å². The van der Waals surface area contributed by atoms with Crippen LogP contribution in [0.4, 0.5) is 22.7 Å². The number of nitrogens with zero attached hydrogens (tertiary/aromatic N) is 3. The lowest BCUT2D eigenvalue weighted by Crippen LogP contribution is -2.67. The highest BCUT2D eigenvalue weighted by molar-refractivity contribution is 7.00. The maximum absolute atomic E-state index is 2.93. The Hall–Kier alpha value is -3.92. The molecule has 5 heterocycles. The van der Waals surface area contributed by atoms with Crippen LogP contribution in [0.5, 0.6) is 0 Å². The number of fused-ring (bicyclic) bond motifs is 14. The summed E-state index contributed by atoms with van der Waals surface area (Å²) in [6, 6.07) is 32.8. The van der Waals surface area contributed by atoms with Gasteiger partial charge in [0.2, 0.25) is 0 Å². The summed E-state index contributed by atoms with van der Waals surface area (Å²) in [4.78, 5) is 5.82. The van der Waals surface area contributed by atoms with E-state index in [1.165, 1.54) is 90.4 Å². The quantitative estimate of drug-likeness (QED) is 0.180. The summed E-state index contributed by atoms with van der Waals surface area (Å²) in [5.74, 6) is 0. The molecule has 2 fully saturated rings. The summed E-state index contributed by atoms with van der Waals surface area (Å²) >= 11 is 0. The van der Waals surface area contributed by atoms with E-state index in [9.17, 15) is 0 Å². The van der Waals surface area contributed by atoms with Gasteiger partial charge >= 0.3 is 0 Å². The third-order valence-electron chi connectivity index (χ3n) is 14.7. The first kappa shape index (κ1) is 26.2. The van der Waals surface area contributed by atoms with Crippen molar-refractivity contribution in [3.05, 3.63) is 96.1 Å². The Kier molecular flexibility index (Phi) is 4.63. The molecule has 5 aromatic rings. The summed E-state index contributed by atoms with van der Waals surface area (Å²) < 4.78 is 2.65. The zero-order valence-electron chi connectivity index (χ0n) is 27.7. The molecule has 4 heteroatoms. The van der Waals surface area contributed by atoms with Gasteiger partial charge in [0.25, 0.3) is 6.71 Å². The van der Waals surface area contributed by atoms with Gasteiger partial charge in [-0.3, -0.25) is 0 Å². The van der Waals surface area contributed by atoms with Crippen LogP contribution in [-0.2, 0) is 10.8 Å². The van der Waals surface area contributed by atoms with E-state index in [1.807, 2.05) is 0 Å². The molecule has 6 aliphatic rings. The topological polar surface area (TPSA) is 11.4 Å². The molecular weight excluding hydrogens is 557 g/mol. The first-order chi connectivity index (χ1) is 22.3. The average molecular weight is 600 g/mol. The van der Waals surface area contributed by atoms with Crippen LogP contribution < -0.4 is 26.3 Å². The monoisotopic (exact) mass is 599 g/mol. The molecule has 2 aliphatic carbocycles. The molecule has 2 saturated carbocycles. The highest BCUT2D eigenvalue weighted by Gasteiger charge is 2.67. The van der Waals surface area contributed by atoms with Crippen LogP contribution in [0.2, 0.25) is 0 Å². The Morgan fingerprint density at radius 3 is 1.91 bits per heavy atom. The maximum Gasteiger partial charge on any atom is 0.273 e. The molecule has 4 aromatic carbocycles. The molecule has 4 unspecified atom stereocenters. The Bertz CT molecular complexity index is 2170. The van der Waals surface area contributed by atoms with E-state index in [-0.39, 0.29) is 28.6 Å². The minimum Gasteiger partial charge on any atom is -0.335 e. The molecule has 11 rings (SSSR count). The van der Waals surface area contributed by atoms with Crippen molar-refractivity contribution < 1.29 is 0 Å². The largest absolute Gasteiger partial charge is 0.335 e. The lowest BCUT2D eigenvalue weighted by atomic mass is 9.34. The number of rotatable bonds is 1. The van der Waals surface area contributed by atoms with Gasteiger partial charge in [-0.1, -0.05) is 100 Å². The smallest absolute Gasteiger partial charge is 0.273 e. The molecule has 0 N–H and O–H groups in total. The first-order valence-electron chi connectivity index (χ1n) is 17.9. The van der Waals surface area contributed by atoms with Gasteiger partial charge < -0.3 is 14.4 Å². The van der Waals surface area contributed by atoms with Crippen LogP contribution in [0.25, 0.3) is 16.6 Å². The van der Waals surface area contributed by atoms with Crippen LogP contribution in [0.3, 0.4) is 0 Å². The molecule has 228 valence electrons. The molecule has 46 heavy (non-hydrogen) atoms. The molecule has 0 amide bonds. The van der Waals surface area contributed by atoms with Crippen molar-refractivity contribution >= 4 is 56.9 Å². The summed E-state index contributed by atoms with van der Waals surface area (Å²) in [7, 11) is 0. The summed E-state index contributed by atoms with van der Waals surface area (Å²) in [5.41, 5.74) is 16.7. The van der Waals surface area contributed by atoms with Gasteiger partial charge in [0, 0.05) is 44.6 Å². The van der Waals surface area contributed by atoms with Crippen molar-refractivity contribution in [2.75, 3.05) is 9.80 Å². The summed E-state index contributed by atoms with van der Waals surface area (Å²) in [6.45, 7) is 10.7. The highest BCUT2D eigenvalue weighted by atomic mass is 15.3. The fourth-order valence-corrected chi connectivity index (χ4v) is 12.0. The minimum atomic E-state index is 0.0170. The van der Waals surface area contributed by atoms with Crippen molar-refractivity contribution in [2.45, 2.75) is 101 Å². The van der Waals surface area contributed by atoms with Gasteiger partial charge in [-0.05, 0) is 85.8 Å². The fourth-order valence-electron chi connectivity index (χ4n) is 12.0. The second kappa shape index (κ2) is 8.13. The molecule has 0 radical (unpaired) electrons. The molecule has 1 aromatic heterocycles. The number of hydrogen-bond acceptors (Lipinski definition) is 2. The third kappa shape index (κ3) is 2.58.